The van der Waals surface area contributed by atoms with E-state index in [1.807, 2.05) is 24.3 Å². The Bertz CT molecular complexity index is 458. The van der Waals surface area contributed by atoms with Crippen LogP contribution in [0.15, 0.2) is 24.3 Å². The summed E-state index contributed by atoms with van der Waals surface area (Å²) < 4.78 is 26.8. The van der Waals surface area contributed by atoms with E-state index in [4.69, 9.17) is 35.8 Å². The Morgan fingerprint density at radius 1 is 0.760 bits per heavy atom. The molecule has 25 heavy (non-hydrogen) atoms. The van der Waals surface area contributed by atoms with Gasteiger partial charge in [-0.05, 0) is 30.7 Å². The first-order chi connectivity index (χ1) is 12.4. The second-order valence-electron chi connectivity index (χ2n) is 5.12. The number of benzene rings is 1. The van der Waals surface area contributed by atoms with Crippen molar-refractivity contribution in [2.24, 2.45) is 5.73 Å². The number of nitrogens with two attached hydrogens (primary N) is 1. The molecule has 1 aromatic rings. The lowest BCUT2D eigenvalue weighted by Crippen LogP contribution is -2.13. The molecule has 0 aromatic heterocycles. The van der Waals surface area contributed by atoms with Crippen LogP contribution in [0.4, 0.5) is 0 Å². The molecule has 2 N–H and O–H groups in total. The number of ether oxygens (including phenoxy) is 5. The van der Waals surface area contributed by atoms with E-state index in [2.05, 4.69) is 5.92 Å². The summed E-state index contributed by atoms with van der Waals surface area (Å²) in [5.41, 5.74) is 6.73. The van der Waals surface area contributed by atoms with Gasteiger partial charge in [-0.25, -0.2) is 0 Å². The second kappa shape index (κ2) is 15.9. The van der Waals surface area contributed by atoms with Crippen LogP contribution in [0.5, 0.6) is 5.75 Å². The lowest BCUT2D eigenvalue weighted by molar-refractivity contribution is -0.00187. The van der Waals surface area contributed by atoms with Crippen LogP contribution in [0.3, 0.4) is 0 Å². The molecule has 140 valence electrons. The van der Waals surface area contributed by atoms with E-state index in [0.717, 1.165) is 12.2 Å². The highest BCUT2D eigenvalue weighted by atomic mass is 16.6. The summed E-state index contributed by atoms with van der Waals surface area (Å²) in [6.45, 7) is 5.16. The SMILES string of the molecule is C#CCOCCOCCOCCOCCOc1ccc(CCN)cc1. The first-order valence-corrected chi connectivity index (χ1v) is 8.53. The van der Waals surface area contributed by atoms with E-state index < -0.39 is 0 Å². The summed E-state index contributed by atoms with van der Waals surface area (Å²) in [7, 11) is 0. The van der Waals surface area contributed by atoms with Crippen LogP contribution in [0, 0.1) is 12.3 Å². The van der Waals surface area contributed by atoms with Crippen molar-refractivity contribution in [1.82, 2.24) is 0 Å². The molecule has 0 atom stereocenters. The third-order valence-electron chi connectivity index (χ3n) is 3.15. The Morgan fingerprint density at radius 3 is 1.80 bits per heavy atom. The number of hydrogen-bond acceptors (Lipinski definition) is 6. The Hall–Kier alpha value is -1.62. The summed E-state index contributed by atoms with van der Waals surface area (Å²) in [5, 5.41) is 0. The highest BCUT2D eigenvalue weighted by molar-refractivity contribution is 5.27. The average Bonchev–Trinajstić information content (AvgIpc) is 2.63. The molecule has 0 fully saturated rings. The van der Waals surface area contributed by atoms with Gasteiger partial charge in [0, 0.05) is 0 Å². The van der Waals surface area contributed by atoms with Crippen molar-refractivity contribution in [3.05, 3.63) is 29.8 Å². The van der Waals surface area contributed by atoms with Gasteiger partial charge >= 0.3 is 0 Å². The lowest BCUT2D eigenvalue weighted by Gasteiger charge is -2.09. The molecule has 0 saturated heterocycles. The van der Waals surface area contributed by atoms with Gasteiger partial charge in [0.25, 0.3) is 0 Å². The van der Waals surface area contributed by atoms with Crippen LogP contribution in [0.1, 0.15) is 5.56 Å². The summed E-state index contributed by atoms with van der Waals surface area (Å²) in [5.74, 6) is 3.23. The smallest absolute Gasteiger partial charge is 0.119 e. The molecule has 0 aliphatic carbocycles. The summed E-state index contributed by atoms with van der Waals surface area (Å²) in [4.78, 5) is 0. The van der Waals surface area contributed by atoms with Gasteiger partial charge in [0.05, 0.1) is 46.2 Å². The maximum absolute atomic E-state index is 5.60. The van der Waals surface area contributed by atoms with E-state index >= 15 is 0 Å². The molecule has 0 unspecified atom stereocenters. The maximum atomic E-state index is 5.60. The summed E-state index contributed by atoms with van der Waals surface area (Å²) in [6, 6.07) is 7.96. The lowest BCUT2D eigenvalue weighted by atomic mass is 10.1. The fraction of sp³-hybridized carbons (Fsp3) is 0.579. The van der Waals surface area contributed by atoms with Gasteiger partial charge in [-0.1, -0.05) is 18.1 Å². The minimum atomic E-state index is 0.320. The van der Waals surface area contributed by atoms with Crippen molar-refractivity contribution < 1.29 is 23.7 Å². The van der Waals surface area contributed by atoms with E-state index in [1.54, 1.807) is 0 Å². The number of terminal acetylenes is 1. The Labute approximate surface area is 150 Å². The van der Waals surface area contributed by atoms with Gasteiger partial charge < -0.3 is 29.4 Å². The molecule has 1 aromatic carbocycles. The zero-order chi connectivity index (χ0) is 18.0. The Kier molecular flexibility index (Phi) is 13.6. The molecule has 0 aliphatic heterocycles. The largest absolute Gasteiger partial charge is 0.491 e. The van der Waals surface area contributed by atoms with Crippen molar-refractivity contribution in [1.29, 1.82) is 0 Å². The van der Waals surface area contributed by atoms with Crippen LogP contribution in [-0.2, 0) is 25.4 Å². The first-order valence-electron chi connectivity index (χ1n) is 8.53. The van der Waals surface area contributed by atoms with E-state index in [1.165, 1.54) is 5.56 Å². The van der Waals surface area contributed by atoms with Gasteiger partial charge in [0.1, 0.15) is 19.0 Å². The molecule has 0 spiro atoms. The Morgan fingerprint density at radius 2 is 1.28 bits per heavy atom. The molecule has 0 radical (unpaired) electrons. The van der Waals surface area contributed by atoms with Crippen LogP contribution in [0.2, 0.25) is 0 Å². The maximum Gasteiger partial charge on any atom is 0.119 e. The van der Waals surface area contributed by atoms with Crippen molar-refractivity contribution >= 4 is 0 Å². The minimum Gasteiger partial charge on any atom is -0.491 e. The number of rotatable bonds is 16. The number of hydrogen-bond donors (Lipinski definition) is 1. The normalized spacial score (nSPS) is 10.6. The molecule has 0 saturated carbocycles. The van der Waals surface area contributed by atoms with Crippen LogP contribution in [0.25, 0.3) is 0 Å². The topological polar surface area (TPSA) is 72.2 Å². The van der Waals surface area contributed by atoms with Crippen molar-refractivity contribution in [2.75, 3.05) is 66.0 Å². The molecular formula is C19H29NO5. The molecule has 6 heteroatoms. The van der Waals surface area contributed by atoms with Crippen molar-refractivity contribution in [2.45, 2.75) is 6.42 Å². The first kappa shape index (κ1) is 21.4. The molecule has 0 heterocycles. The summed E-state index contributed by atoms with van der Waals surface area (Å²) >= 11 is 0. The minimum absolute atomic E-state index is 0.320. The molecule has 0 bridgehead atoms. The van der Waals surface area contributed by atoms with Gasteiger partial charge in [-0.15, -0.1) is 6.42 Å². The highest BCUT2D eigenvalue weighted by Crippen LogP contribution is 2.12. The van der Waals surface area contributed by atoms with Crippen molar-refractivity contribution in [3.63, 3.8) is 0 Å². The van der Waals surface area contributed by atoms with Gasteiger partial charge in [-0.3, -0.25) is 0 Å². The van der Waals surface area contributed by atoms with Gasteiger partial charge in [0.15, 0.2) is 0 Å². The van der Waals surface area contributed by atoms with Crippen LogP contribution in [-0.4, -0.2) is 66.0 Å². The molecular weight excluding hydrogens is 322 g/mol. The highest BCUT2D eigenvalue weighted by Gasteiger charge is 1.96. The predicted octanol–water partition coefficient (Wildman–Crippen LogP) is 1.27. The molecule has 6 nitrogen and oxygen atoms in total. The zero-order valence-corrected chi connectivity index (χ0v) is 14.8. The predicted molar refractivity (Wildman–Crippen MR) is 96.8 cm³/mol. The van der Waals surface area contributed by atoms with E-state index in [0.29, 0.717) is 66.0 Å². The fourth-order valence-electron chi connectivity index (χ4n) is 1.93. The van der Waals surface area contributed by atoms with Gasteiger partial charge in [-0.2, -0.15) is 0 Å². The third kappa shape index (κ3) is 12.4. The monoisotopic (exact) mass is 351 g/mol. The van der Waals surface area contributed by atoms with Gasteiger partial charge in [0.2, 0.25) is 0 Å². The molecule has 0 amide bonds. The van der Waals surface area contributed by atoms with Crippen molar-refractivity contribution in [3.8, 4) is 18.1 Å². The van der Waals surface area contributed by atoms with Crippen LogP contribution < -0.4 is 10.5 Å². The average molecular weight is 351 g/mol. The molecule has 0 aliphatic rings. The zero-order valence-electron chi connectivity index (χ0n) is 14.8. The van der Waals surface area contributed by atoms with E-state index in [9.17, 15) is 0 Å². The Balaban J connectivity index is 1.83. The third-order valence-corrected chi connectivity index (χ3v) is 3.15. The quantitative estimate of drug-likeness (QED) is 0.357. The fourth-order valence-corrected chi connectivity index (χ4v) is 1.93. The second-order valence-corrected chi connectivity index (χ2v) is 5.12. The standard InChI is InChI=1S/C19H29NO5/c1-2-9-21-10-11-22-12-13-23-14-15-24-16-17-25-19-5-3-18(4-6-19)7-8-20/h1,3-6H,7-17,20H2. The summed E-state index contributed by atoms with van der Waals surface area (Å²) in [6.07, 6.45) is 5.94. The van der Waals surface area contributed by atoms with E-state index in [-0.39, 0.29) is 0 Å². The van der Waals surface area contributed by atoms with Crippen LogP contribution >= 0.6 is 0 Å². The molecule has 1 rings (SSSR count).